The van der Waals surface area contributed by atoms with Crippen molar-refractivity contribution in [1.29, 1.82) is 0 Å². The van der Waals surface area contributed by atoms with E-state index in [0.717, 1.165) is 23.1 Å². The zero-order valence-corrected chi connectivity index (χ0v) is 22.1. The standard InChI is InChI=1S/C28H35NO8/c1-33-22-14-12-18-19(16-21(22)30)20(29-24(31)9-7-6-8-10-25(32)35-3)13-11-17-15-23(34-2)27(36-4)28(37-5)26(17)18/h12,14-16,20H,6-11,13H2,1-5H3,(H,29,31)/t20-/m0/s1. The average molecular weight is 514 g/mol. The Kier molecular flexibility index (Phi) is 9.77. The maximum absolute atomic E-state index is 12.9. The fourth-order valence-electron chi connectivity index (χ4n) is 4.72. The molecule has 0 fully saturated rings. The van der Waals surface area contributed by atoms with Gasteiger partial charge in [0.2, 0.25) is 17.1 Å². The highest BCUT2D eigenvalue weighted by atomic mass is 16.5. The van der Waals surface area contributed by atoms with Crippen molar-refractivity contribution in [3.63, 3.8) is 0 Å². The monoisotopic (exact) mass is 513 g/mol. The first-order chi connectivity index (χ1) is 17.9. The van der Waals surface area contributed by atoms with Gasteiger partial charge in [-0.05, 0) is 60.6 Å². The molecule has 9 heteroatoms. The summed E-state index contributed by atoms with van der Waals surface area (Å²) >= 11 is 0. The predicted octanol–water partition coefficient (Wildman–Crippen LogP) is 3.98. The molecule has 0 bridgehead atoms. The largest absolute Gasteiger partial charge is 0.493 e. The van der Waals surface area contributed by atoms with Crippen molar-refractivity contribution in [3.05, 3.63) is 45.6 Å². The Labute approximate surface area is 217 Å². The number of hydrogen-bond acceptors (Lipinski definition) is 8. The zero-order chi connectivity index (χ0) is 26.9. The van der Waals surface area contributed by atoms with Crippen molar-refractivity contribution < 1.29 is 33.3 Å². The normalized spacial score (nSPS) is 13.9. The summed E-state index contributed by atoms with van der Waals surface area (Å²) in [6, 6.07) is 6.48. The first kappa shape index (κ1) is 27.8. The maximum atomic E-state index is 12.9. The van der Waals surface area contributed by atoms with E-state index in [1.165, 1.54) is 20.3 Å². The van der Waals surface area contributed by atoms with E-state index >= 15 is 0 Å². The van der Waals surface area contributed by atoms with Crippen LogP contribution >= 0.6 is 0 Å². The van der Waals surface area contributed by atoms with E-state index in [-0.39, 0.29) is 23.1 Å². The molecular formula is C28H35NO8. The second kappa shape index (κ2) is 13.0. The van der Waals surface area contributed by atoms with Crippen LogP contribution in [-0.4, -0.2) is 47.4 Å². The van der Waals surface area contributed by atoms with Gasteiger partial charge in [-0.1, -0.05) is 12.5 Å². The highest BCUT2D eigenvalue weighted by Gasteiger charge is 2.29. The Hall–Kier alpha value is -3.75. The molecule has 1 amide bonds. The second-order valence-corrected chi connectivity index (χ2v) is 8.75. The number of unbranched alkanes of at least 4 members (excludes halogenated alkanes) is 2. The molecule has 1 atom stereocenters. The van der Waals surface area contributed by atoms with Crippen LogP contribution in [0.5, 0.6) is 23.0 Å². The molecule has 2 aromatic rings. The summed E-state index contributed by atoms with van der Waals surface area (Å²) in [6.45, 7) is 0. The smallest absolute Gasteiger partial charge is 0.305 e. The molecule has 0 spiro atoms. The lowest BCUT2D eigenvalue weighted by Crippen LogP contribution is -2.28. The van der Waals surface area contributed by atoms with E-state index < -0.39 is 6.04 Å². The van der Waals surface area contributed by atoms with E-state index in [2.05, 4.69) is 10.1 Å². The number of hydrogen-bond donors (Lipinski definition) is 1. The predicted molar refractivity (Wildman–Crippen MR) is 139 cm³/mol. The van der Waals surface area contributed by atoms with Crippen LogP contribution in [0.3, 0.4) is 0 Å². The molecule has 0 aliphatic heterocycles. The molecule has 200 valence electrons. The van der Waals surface area contributed by atoms with Gasteiger partial charge in [-0.15, -0.1) is 0 Å². The zero-order valence-electron chi connectivity index (χ0n) is 22.1. The van der Waals surface area contributed by atoms with Crippen LogP contribution in [0.15, 0.2) is 29.1 Å². The number of rotatable bonds is 11. The molecule has 1 N–H and O–H groups in total. The molecule has 2 aromatic carbocycles. The van der Waals surface area contributed by atoms with Gasteiger partial charge in [0.15, 0.2) is 17.2 Å². The van der Waals surface area contributed by atoms with E-state index in [9.17, 15) is 14.4 Å². The molecule has 0 heterocycles. The Morgan fingerprint density at radius 3 is 2.22 bits per heavy atom. The average Bonchev–Trinajstić information content (AvgIpc) is 3.15. The summed E-state index contributed by atoms with van der Waals surface area (Å²) in [7, 11) is 7.48. The van der Waals surface area contributed by atoms with Crippen molar-refractivity contribution in [1.82, 2.24) is 5.32 Å². The van der Waals surface area contributed by atoms with Gasteiger partial charge >= 0.3 is 5.97 Å². The molecule has 9 nitrogen and oxygen atoms in total. The van der Waals surface area contributed by atoms with Gasteiger partial charge in [-0.3, -0.25) is 14.4 Å². The highest BCUT2D eigenvalue weighted by Crippen LogP contribution is 2.50. The lowest BCUT2D eigenvalue weighted by molar-refractivity contribution is -0.140. The van der Waals surface area contributed by atoms with Crippen molar-refractivity contribution in [2.45, 2.75) is 51.0 Å². The number of fused-ring (bicyclic) bond motifs is 3. The van der Waals surface area contributed by atoms with Crippen LogP contribution in [0, 0.1) is 0 Å². The number of methoxy groups -OCH3 is 5. The van der Waals surface area contributed by atoms with E-state index in [4.69, 9.17) is 18.9 Å². The van der Waals surface area contributed by atoms with Crippen molar-refractivity contribution in [3.8, 4) is 34.1 Å². The molecule has 0 radical (unpaired) electrons. The van der Waals surface area contributed by atoms with Gasteiger partial charge in [0.05, 0.1) is 41.6 Å². The van der Waals surface area contributed by atoms with Gasteiger partial charge < -0.3 is 29.0 Å². The van der Waals surface area contributed by atoms with E-state index in [1.807, 2.05) is 12.1 Å². The molecular weight excluding hydrogens is 478 g/mol. The molecule has 0 saturated carbocycles. The molecule has 37 heavy (non-hydrogen) atoms. The number of carbonyl (C=O) groups excluding carboxylic acids is 2. The van der Waals surface area contributed by atoms with Crippen LogP contribution < -0.4 is 29.7 Å². The SMILES string of the molecule is COC(=O)CCCCCC(=O)N[C@H]1CCc2cc(OC)c(OC)c(OC)c2-c2ccc(OC)c(=O)cc21. The number of aryl methyl sites for hydroxylation is 1. The van der Waals surface area contributed by atoms with Gasteiger partial charge in [0.1, 0.15) is 0 Å². The minimum absolute atomic E-state index is 0.118. The number of esters is 1. The van der Waals surface area contributed by atoms with Crippen molar-refractivity contribution >= 4 is 11.9 Å². The van der Waals surface area contributed by atoms with Crippen LogP contribution in [0.25, 0.3) is 11.1 Å². The van der Waals surface area contributed by atoms with Crippen LogP contribution in [0.2, 0.25) is 0 Å². The summed E-state index contributed by atoms with van der Waals surface area (Å²) in [5, 5.41) is 3.12. The highest BCUT2D eigenvalue weighted by molar-refractivity contribution is 5.83. The van der Waals surface area contributed by atoms with Crippen LogP contribution in [-0.2, 0) is 20.7 Å². The molecule has 0 unspecified atom stereocenters. The van der Waals surface area contributed by atoms with Crippen LogP contribution in [0.4, 0.5) is 0 Å². The number of ether oxygens (including phenoxy) is 5. The molecule has 0 saturated heterocycles. The fraction of sp³-hybridized carbons (Fsp3) is 0.464. The second-order valence-electron chi connectivity index (χ2n) is 8.75. The topological polar surface area (TPSA) is 109 Å². The Morgan fingerprint density at radius 1 is 0.865 bits per heavy atom. The van der Waals surface area contributed by atoms with Crippen molar-refractivity contribution in [2.24, 2.45) is 0 Å². The number of benzene rings is 1. The van der Waals surface area contributed by atoms with E-state index in [0.29, 0.717) is 61.3 Å². The van der Waals surface area contributed by atoms with E-state index in [1.54, 1.807) is 27.4 Å². The van der Waals surface area contributed by atoms with Gasteiger partial charge in [-0.25, -0.2) is 0 Å². The Morgan fingerprint density at radius 2 is 1.57 bits per heavy atom. The quantitative estimate of drug-likeness (QED) is 0.355. The number of carbonyl (C=O) groups is 2. The molecule has 1 aliphatic rings. The summed E-state index contributed by atoms with van der Waals surface area (Å²) in [4.78, 5) is 37.1. The minimum Gasteiger partial charge on any atom is -0.493 e. The summed E-state index contributed by atoms with van der Waals surface area (Å²) < 4.78 is 26.9. The third kappa shape index (κ3) is 6.34. The lowest BCUT2D eigenvalue weighted by Gasteiger charge is -2.20. The van der Waals surface area contributed by atoms with Gasteiger partial charge in [0, 0.05) is 18.4 Å². The van der Waals surface area contributed by atoms with Gasteiger partial charge in [-0.2, -0.15) is 0 Å². The third-order valence-electron chi connectivity index (χ3n) is 6.57. The van der Waals surface area contributed by atoms with Crippen molar-refractivity contribution in [2.75, 3.05) is 35.5 Å². The third-order valence-corrected chi connectivity index (χ3v) is 6.57. The van der Waals surface area contributed by atoms with Crippen LogP contribution in [0.1, 0.15) is 55.7 Å². The summed E-state index contributed by atoms with van der Waals surface area (Å²) in [5.74, 6) is 1.31. The number of amides is 1. The molecule has 1 aliphatic carbocycles. The summed E-state index contributed by atoms with van der Waals surface area (Å²) in [6.07, 6.45) is 3.89. The van der Waals surface area contributed by atoms with Gasteiger partial charge in [0.25, 0.3) is 0 Å². The maximum Gasteiger partial charge on any atom is 0.305 e. The first-order valence-electron chi connectivity index (χ1n) is 12.3. The minimum atomic E-state index is -0.406. The lowest BCUT2D eigenvalue weighted by atomic mass is 9.95. The first-order valence-corrected chi connectivity index (χ1v) is 12.3. The number of nitrogens with one attached hydrogen (secondary N) is 1. The summed E-state index contributed by atoms with van der Waals surface area (Å²) in [5.41, 5.74) is 2.87. The Balaban J connectivity index is 1.99. The Bertz CT molecular complexity index is 1190. The molecule has 3 rings (SSSR count). The molecule has 0 aromatic heterocycles. The fourth-order valence-corrected chi connectivity index (χ4v) is 4.72.